The van der Waals surface area contributed by atoms with Gasteiger partial charge in [0, 0.05) is 11.3 Å². The maximum Gasteiger partial charge on any atom is 0.326 e. The number of H-pyrrole nitrogens is 2. The number of imidazole rings is 1. The van der Waals surface area contributed by atoms with Gasteiger partial charge in [-0.25, -0.2) is 9.78 Å². The van der Waals surface area contributed by atoms with Gasteiger partial charge in [-0.05, 0) is 43.5 Å². The first-order chi connectivity index (χ1) is 14.5. The number of anilines is 2. The van der Waals surface area contributed by atoms with Crippen LogP contribution in [0.15, 0.2) is 40.2 Å². The number of nitrogens with zero attached hydrogens (tertiary/aromatic N) is 4. The number of halogens is 1. The summed E-state index contributed by atoms with van der Waals surface area (Å²) in [4.78, 5) is 25.7. The van der Waals surface area contributed by atoms with Crippen LogP contribution in [-0.4, -0.2) is 35.7 Å². The van der Waals surface area contributed by atoms with Gasteiger partial charge in [-0.2, -0.15) is 9.61 Å². The van der Waals surface area contributed by atoms with Gasteiger partial charge in [-0.15, -0.1) is 0 Å². The number of aromatic hydroxyl groups is 1. The maximum absolute atomic E-state index is 11.4. The number of fused-ring (bicyclic) bond motifs is 1. The highest BCUT2D eigenvalue weighted by atomic mass is 35.5. The molecule has 1 saturated carbocycles. The second kappa shape index (κ2) is 7.03. The molecule has 1 aliphatic carbocycles. The van der Waals surface area contributed by atoms with Crippen molar-refractivity contribution < 1.29 is 5.11 Å². The smallest absolute Gasteiger partial charge is 0.326 e. The van der Waals surface area contributed by atoms with Crippen molar-refractivity contribution in [3.63, 3.8) is 0 Å². The quantitative estimate of drug-likeness (QED) is 0.398. The van der Waals surface area contributed by atoms with E-state index in [2.05, 4.69) is 25.4 Å². The van der Waals surface area contributed by atoms with Crippen molar-refractivity contribution in [1.29, 1.82) is 0 Å². The Balaban J connectivity index is 1.69. The molecule has 1 aliphatic rings. The molecule has 4 N–H and O–H groups in total. The van der Waals surface area contributed by atoms with E-state index in [1.807, 2.05) is 31.2 Å². The van der Waals surface area contributed by atoms with Crippen LogP contribution in [0.2, 0.25) is 5.02 Å². The number of aromatic nitrogens is 5. The highest BCUT2D eigenvalue weighted by molar-refractivity contribution is 6.33. The molecule has 1 aromatic carbocycles. The Morgan fingerprint density at radius 2 is 2.17 bits per heavy atom. The van der Waals surface area contributed by atoms with Crippen LogP contribution < -0.4 is 21.7 Å². The zero-order valence-electron chi connectivity index (χ0n) is 16.0. The van der Waals surface area contributed by atoms with Crippen molar-refractivity contribution >= 4 is 34.8 Å². The molecular formula is C20H18ClN7O2. The van der Waals surface area contributed by atoms with Gasteiger partial charge in [0.05, 0.1) is 22.9 Å². The molecule has 0 spiro atoms. The summed E-state index contributed by atoms with van der Waals surface area (Å²) >= 11 is 6.33. The molecular weight excluding hydrogens is 406 g/mol. The van der Waals surface area contributed by atoms with Gasteiger partial charge in [0.1, 0.15) is 11.5 Å². The average Bonchev–Trinajstić information content (AvgIpc) is 3.34. The van der Waals surface area contributed by atoms with Crippen LogP contribution in [0.5, 0.6) is 5.88 Å². The first kappa shape index (κ1) is 18.4. The lowest BCUT2D eigenvalue weighted by molar-refractivity contribution is 0.454. The standard InChI is InChI=1S/C20H18ClN7O2/c1-10-2-5-13(21)14(6-10)24-16-8-17(23-12-3-4-12)28-18(26-16)11(9-22-28)7-15-19(29)27-20(30)25-15/h2,5-9,12,24,29H,3-4H2,1H3,(H2,25,27,30). The number of aromatic amines is 2. The molecule has 0 aliphatic heterocycles. The Kier molecular flexibility index (Phi) is 4.32. The van der Waals surface area contributed by atoms with Crippen LogP contribution in [0.4, 0.5) is 11.5 Å². The average molecular weight is 424 g/mol. The van der Waals surface area contributed by atoms with E-state index in [1.54, 1.807) is 16.8 Å². The fourth-order valence-electron chi connectivity index (χ4n) is 3.13. The normalized spacial score (nSPS) is 15.3. The number of nitrogens with one attached hydrogen (secondary N) is 3. The predicted molar refractivity (Wildman–Crippen MR) is 113 cm³/mol. The molecule has 0 atom stereocenters. The van der Waals surface area contributed by atoms with Gasteiger partial charge in [-0.1, -0.05) is 17.7 Å². The minimum atomic E-state index is -0.496. The topological polar surface area (TPSA) is 123 Å². The van der Waals surface area contributed by atoms with Crippen molar-refractivity contribution in [3.8, 4) is 5.88 Å². The third-order valence-corrected chi connectivity index (χ3v) is 5.09. The summed E-state index contributed by atoms with van der Waals surface area (Å²) in [6.45, 7) is 1.99. The Labute approximate surface area is 174 Å². The van der Waals surface area contributed by atoms with Crippen molar-refractivity contribution in [2.75, 3.05) is 5.32 Å². The summed E-state index contributed by atoms with van der Waals surface area (Å²) in [6, 6.07) is 7.82. The zero-order valence-corrected chi connectivity index (χ0v) is 16.7. The van der Waals surface area contributed by atoms with Crippen LogP contribution in [0.25, 0.3) is 11.7 Å². The molecule has 0 radical (unpaired) electrons. The zero-order chi connectivity index (χ0) is 20.8. The number of hydrogen-bond donors (Lipinski definition) is 4. The molecule has 10 heteroatoms. The minimum absolute atomic E-state index is 0.247. The highest BCUT2D eigenvalue weighted by Gasteiger charge is 2.20. The van der Waals surface area contributed by atoms with Crippen molar-refractivity contribution in [2.24, 2.45) is 4.99 Å². The fraction of sp³-hybridized carbons (Fsp3) is 0.200. The number of hydrogen-bond acceptors (Lipinski definition) is 6. The lowest BCUT2D eigenvalue weighted by atomic mass is 10.2. The Morgan fingerprint density at radius 3 is 2.90 bits per heavy atom. The second-order valence-corrected chi connectivity index (χ2v) is 7.70. The molecule has 0 bridgehead atoms. The van der Waals surface area contributed by atoms with Gasteiger partial charge in [0.15, 0.2) is 11.1 Å². The van der Waals surface area contributed by atoms with Gasteiger partial charge in [0.2, 0.25) is 5.88 Å². The molecule has 0 amide bonds. The van der Waals surface area contributed by atoms with Crippen molar-refractivity contribution in [1.82, 2.24) is 24.6 Å². The van der Waals surface area contributed by atoms with E-state index in [4.69, 9.17) is 16.6 Å². The SMILES string of the molecule is Cc1ccc(Cl)c(Nc2cc(=NC3CC3)n3ncc(=Cc4[nH]c(=O)[nH]c4O)c3n2)c1. The Bertz CT molecular complexity index is 1450. The summed E-state index contributed by atoms with van der Waals surface area (Å²) in [5.74, 6) is 0.319. The van der Waals surface area contributed by atoms with E-state index in [0.29, 0.717) is 27.2 Å². The molecule has 1 fully saturated rings. The van der Waals surface area contributed by atoms with E-state index in [-0.39, 0.29) is 17.6 Å². The molecule has 152 valence electrons. The summed E-state index contributed by atoms with van der Waals surface area (Å²) in [6.07, 6.45) is 5.32. The van der Waals surface area contributed by atoms with Crippen LogP contribution in [0.3, 0.4) is 0 Å². The summed E-state index contributed by atoms with van der Waals surface area (Å²) in [7, 11) is 0. The van der Waals surface area contributed by atoms with E-state index < -0.39 is 5.69 Å². The molecule has 0 unspecified atom stereocenters. The van der Waals surface area contributed by atoms with E-state index >= 15 is 0 Å². The first-order valence-corrected chi connectivity index (χ1v) is 9.83. The fourth-order valence-corrected chi connectivity index (χ4v) is 3.30. The Morgan fingerprint density at radius 1 is 1.33 bits per heavy atom. The monoisotopic (exact) mass is 423 g/mol. The van der Waals surface area contributed by atoms with Gasteiger partial charge in [-0.3, -0.25) is 9.98 Å². The van der Waals surface area contributed by atoms with Crippen LogP contribution in [0, 0.1) is 6.92 Å². The van der Waals surface area contributed by atoms with Crippen molar-refractivity contribution in [3.05, 3.63) is 67.9 Å². The molecule has 0 saturated heterocycles. The summed E-state index contributed by atoms with van der Waals surface area (Å²) in [5, 5.41) is 18.7. The Hall–Kier alpha value is -3.59. The summed E-state index contributed by atoms with van der Waals surface area (Å²) < 4.78 is 1.65. The lowest BCUT2D eigenvalue weighted by Gasteiger charge is -2.09. The van der Waals surface area contributed by atoms with Crippen LogP contribution >= 0.6 is 11.6 Å². The second-order valence-electron chi connectivity index (χ2n) is 7.29. The van der Waals surface area contributed by atoms with Crippen molar-refractivity contribution in [2.45, 2.75) is 25.8 Å². The van der Waals surface area contributed by atoms with Gasteiger partial charge >= 0.3 is 5.69 Å². The molecule has 3 heterocycles. The molecule has 30 heavy (non-hydrogen) atoms. The van der Waals surface area contributed by atoms with Crippen LogP contribution in [0.1, 0.15) is 24.1 Å². The largest absolute Gasteiger partial charge is 0.493 e. The molecule has 5 rings (SSSR count). The lowest BCUT2D eigenvalue weighted by Crippen LogP contribution is -2.19. The summed E-state index contributed by atoms with van der Waals surface area (Å²) in [5.41, 5.74) is 2.76. The third kappa shape index (κ3) is 3.55. The third-order valence-electron chi connectivity index (χ3n) is 4.76. The number of aryl methyl sites for hydroxylation is 1. The van der Waals surface area contributed by atoms with E-state index in [9.17, 15) is 9.90 Å². The molecule has 3 aromatic heterocycles. The first-order valence-electron chi connectivity index (χ1n) is 9.45. The molecule has 9 nitrogen and oxygen atoms in total. The number of rotatable bonds is 4. The highest BCUT2D eigenvalue weighted by Crippen LogP contribution is 2.26. The number of benzene rings is 1. The maximum atomic E-state index is 11.4. The minimum Gasteiger partial charge on any atom is -0.493 e. The van der Waals surface area contributed by atoms with Crippen LogP contribution in [-0.2, 0) is 0 Å². The molecule has 4 aromatic rings. The van der Waals surface area contributed by atoms with Gasteiger partial charge in [0.25, 0.3) is 0 Å². The van der Waals surface area contributed by atoms with E-state index in [0.717, 1.165) is 24.1 Å². The predicted octanol–water partition coefficient (Wildman–Crippen LogP) is 1.77. The van der Waals surface area contributed by atoms with Gasteiger partial charge < -0.3 is 15.4 Å². The van der Waals surface area contributed by atoms with E-state index in [1.165, 1.54) is 0 Å².